The van der Waals surface area contributed by atoms with Gasteiger partial charge in [0, 0.05) is 0 Å². The molecule has 0 saturated carbocycles. The Bertz CT molecular complexity index is 258. The number of thiol groups is 1. The predicted octanol–water partition coefficient (Wildman–Crippen LogP) is 1.83. The van der Waals surface area contributed by atoms with Crippen LogP contribution in [0.3, 0.4) is 0 Å². The summed E-state index contributed by atoms with van der Waals surface area (Å²) in [4.78, 5) is 0. The van der Waals surface area contributed by atoms with E-state index in [1.165, 1.54) is 9.98 Å². The molecule has 0 aromatic heterocycles. The van der Waals surface area contributed by atoms with Crippen LogP contribution in [-0.4, -0.2) is 0 Å². The summed E-state index contributed by atoms with van der Waals surface area (Å²) in [5, 5.41) is 0. The van der Waals surface area contributed by atoms with Crippen molar-refractivity contribution in [1.82, 2.24) is 0 Å². The van der Waals surface area contributed by atoms with Crippen molar-refractivity contribution in [2.75, 3.05) is 4.41 Å². The van der Waals surface area contributed by atoms with Crippen LogP contribution in [0.25, 0.3) is 0 Å². The third-order valence-corrected chi connectivity index (χ3v) is 1.83. The number of hydrazine groups is 1. The summed E-state index contributed by atoms with van der Waals surface area (Å²) in [6.45, 7) is 4.03. The fraction of sp³-hybridized carbons (Fsp3) is 0.250. The van der Waals surface area contributed by atoms with Crippen LogP contribution in [0.4, 0.5) is 5.69 Å². The van der Waals surface area contributed by atoms with Gasteiger partial charge < -0.3 is 0 Å². The molecule has 0 aliphatic rings. The molecule has 3 heteroatoms. The maximum atomic E-state index is 5.48. The summed E-state index contributed by atoms with van der Waals surface area (Å²) in [6.07, 6.45) is 0. The molecule has 0 atom stereocenters. The van der Waals surface area contributed by atoms with E-state index in [0.717, 1.165) is 11.3 Å². The van der Waals surface area contributed by atoms with Gasteiger partial charge in [-0.25, -0.2) is 5.84 Å². The minimum atomic E-state index is 0.952. The molecular formula is C8H12N2S. The Morgan fingerprint density at radius 1 is 1.36 bits per heavy atom. The van der Waals surface area contributed by atoms with Gasteiger partial charge in [-0.1, -0.05) is 12.1 Å². The van der Waals surface area contributed by atoms with Crippen LogP contribution in [0.15, 0.2) is 18.2 Å². The molecule has 60 valence electrons. The van der Waals surface area contributed by atoms with E-state index in [-0.39, 0.29) is 0 Å². The molecule has 0 spiro atoms. The first kappa shape index (κ1) is 8.43. The fourth-order valence-corrected chi connectivity index (χ4v) is 1.18. The summed E-state index contributed by atoms with van der Waals surface area (Å²) in [6, 6.07) is 6.08. The summed E-state index contributed by atoms with van der Waals surface area (Å²) in [7, 11) is 0. The first-order valence-electron chi connectivity index (χ1n) is 3.42. The zero-order chi connectivity index (χ0) is 8.43. The van der Waals surface area contributed by atoms with E-state index in [1.54, 1.807) is 0 Å². The largest absolute Gasteiger partial charge is 0.256 e. The van der Waals surface area contributed by atoms with Gasteiger partial charge in [0.05, 0.1) is 5.69 Å². The number of benzene rings is 1. The molecule has 0 radical (unpaired) electrons. The van der Waals surface area contributed by atoms with Gasteiger partial charge in [-0.2, -0.15) is 0 Å². The fourth-order valence-electron chi connectivity index (χ4n) is 0.966. The highest BCUT2D eigenvalue weighted by Crippen LogP contribution is 2.19. The van der Waals surface area contributed by atoms with Crippen LogP contribution in [0.2, 0.25) is 0 Å². The van der Waals surface area contributed by atoms with Gasteiger partial charge in [0.25, 0.3) is 0 Å². The number of aryl methyl sites for hydroxylation is 2. The lowest BCUT2D eigenvalue weighted by atomic mass is 10.1. The Morgan fingerprint density at radius 3 is 2.45 bits per heavy atom. The topological polar surface area (TPSA) is 29.3 Å². The lowest BCUT2D eigenvalue weighted by Crippen LogP contribution is -2.19. The molecule has 1 aromatic rings. The van der Waals surface area contributed by atoms with E-state index in [0.29, 0.717) is 0 Å². The second-order valence-corrected chi connectivity index (χ2v) is 3.07. The van der Waals surface area contributed by atoms with Crippen molar-refractivity contribution in [1.29, 1.82) is 0 Å². The van der Waals surface area contributed by atoms with Crippen LogP contribution in [0.5, 0.6) is 0 Å². The number of nitrogens with zero attached hydrogens (tertiary/aromatic N) is 1. The highest BCUT2D eigenvalue weighted by atomic mass is 32.1. The molecule has 2 nitrogen and oxygen atoms in total. The van der Waals surface area contributed by atoms with E-state index >= 15 is 0 Å². The van der Waals surface area contributed by atoms with Crippen molar-refractivity contribution in [2.24, 2.45) is 5.84 Å². The first-order chi connectivity index (χ1) is 5.11. The summed E-state index contributed by atoms with van der Waals surface area (Å²) >= 11 is 4.02. The Kier molecular flexibility index (Phi) is 2.42. The zero-order valence-corrected chi connectivity index (χ0v) is 7.60. The zero-order valence-electron chi connectivity index (χ0n) is 6.70. The molecule has 2 N–H and O–H groups in total. The second kappa shape index (κ2) is 3.15. The van der Waals surface area contributed by atoms with Gasteiger partial charge in [-0.3, -0.25) is 4.41 Å². The average molecular weight is 168 g/mol. The van der Waals surface area contributed by atoms with Crippen molar-refractivity contribution in [2.45, 2.75) is 13.8 Å². The lowest BCUT2D eigenvalue weighted by molar-refractivity contribution is 1.19. The van der Waals surface area contributed by atoms with Crippen molar-refractivity contribution in [3.63, 3.8) is 0 Å². The number of hydrogen-bond acceptors (Lipinski definition) is 3. The molecular weight excluding hydrogens is 156 g/mol. The second-order valence-electron chi connectivity index (χ2n) is 2.63. The maximum Gasteiger partial charge on any atom is 0.0673 e. The van der Waals surface area contributed by atoms with Gasteiger partial charge in [0.15, 0.2) is 0 Å². The molecule has 0 fully saturated rings. The van der Waals surface area contributed by atoms with Gasteiger partial charge in [0.2, 0.25) is 0 Å². The maximum absolute atomic E-state index is 5.48. The van der Waals surface area contributed by atoms with Gasteiger partial charge in [-0.15, -0.1) is 0 Å². The van der Waals surface area contributed by atoms with E-state index in [2.05, 4.69) is 18.9 Å². The smallest absolute Gasteiger partial charge is 0.0673 e. The SMILES string of the molecule is Cc1ccc(C)c(N(N)S)c1. The normalized spacial score (nSPS) is 9.82. The summed E-state index contributed by atoms with van der Waals surface area (Å²) < 4.78 is 1.34. The Hall–Kier alpha value is -0.670. The number of hydrogen-bond donors (Lipinski definition) is 2. The Morgan fingerprint density at radius 2 is 2.00 bits per heavy atom. The quantitative estimate of drug-likeness (QED) is 0.380. The Balaban J connectivity index is 3.13. The van der Waals surface area contributed by atoms with E-state index in [9.17, 15) is 0 Å². The summed E-state index contributed by atoms with van der Waals surface area (Å²) in [5.41, 5.74) is 3.27. The number of anilines is 1. The number of nitrogens with two attached hydrogens (primary N) is 1. The molecule has 0 aliphatic carbocycles. The van der Waals surface area contributed by atoms with Crippen LogP contribution in [0, 0.1) is 13.8 Å². The molecule has 0 unspecified atom stereocenters. The Labute approximate surface area is 72.5 Å². The molecule has 0 amide bonds. The van der Waals surface area contributed by atoms with Crippen LogP contribution in [0.1, 0.15) is 11.1 Å². The molecule has 0 heterocycles. The molecule has 1 rings (SSSR count). The monoisotopic (exact) mass is 168 g/mol. The highest BCUT2D eigenvalue weighted by molar-refractivity contribution is 7.81. The predicted molar refractivity (Wildman–Crippen MR) is 51.6 cm³/mol. The third kappa shape index (κ3) is 1.88. The third-order valence-electron chi connectivity index (χ3n) is 1.61. The molecule has 0 bridgehead atoms. The van der Waals surface area contributed by atoms with Gasteiger partial charge in [-0.05, 0) is 43.9 Å². The standard InChI is InChI=1S/C8H12N2S/c1-6-3-4-7(2)8(5-6)10(9)11/h3-5,11H,9H2,1-2H3. The van der Waals surface area contributed by atoms with E-state index in [4.69, 9.17) is 5.84 Å². The van der Waals surface area contributed by atoms with Crippen molar-refractivity contribution in [3.8, 4) is 0 Å². The van der Waals surface area contributed by atoms with Crippen LogP contribution >= 0.6 is 12.8 Å². The molecule has 1 aromatic carbocycles. The van der Waals surface area contributed by atoms with Crippen LogP contribution in [-0.2, 0) is 0 Å². The van der Waals surface area contributed by atoms with Crippen LogP contribution < -0.4 is 10.3 Å². The highest BCUT2D eigenvalue weighted by Gasteiger charge is 2.00. The van der Waals surface area contributed by atoms with Gasteiger partial charge >= 0.3 is 0 Å². The van der Waals surface area contributed by atoms with E-state index in [1.807, 2.05) is 26.0 Å². The van der Waals surface area contributed by atoms with Crippen molar-refractivity contribution < 1.29 is 0 Å². The van der Waals surface area contributed by atoms with Crippen molar-refractivity contribution in [3.05, 3.63) is 29.3 Å². The number of rotatable bonds is 1. The molecule has 11 heavy (non-hydrogen) atoms. The minimum absolute atomic E-state index is 0.952. The molecule has 0 aliphatic heterocycles. The minimum Gasteiger partial charge on any atom is -0.256 e. The molecule has 0 saturated heterocycles. The van der Waals surface area contributed by atoms with E-state index < -0.39 is 0 Å². The van der Waals surface area contributed by atoms with Gasteiger partial charge in [0.1, 0.15) is 0 Å². The first-order valence-corrected chi connectivity index (χ1v) is 3.82. The average Bonchev–Trinajstić information content (AvgIpc) is 1.94. The van der Waals surface area contributed by atoms with Crippen molar-refractivity contribution >= 4 is 18.5 Å². The lowest BCUT2D eigenvalue weighted by Gasteiger charge is -2.13. The summed E-state index contributed by atoms with van der Waals surface area (Å²) in [5.74, 6) is 5.48.